The Balaban J connectivity index is 2.99. The van der Waals surface area contributed by atoms with Crippen molar-refractivity contribution in [2.45, 2.75) is 6.92 Å². The van der Waals surface area contributed by atoms with Crippen LogP contribution in [0, 0.1) is 6.04 Å². The van der Waals surface area contributed by atoms with Gasteiger partial charge in [-0.1, -0.05) is 6.92 Å². The Hall–Kier alpha value is 0.137. The van der Waals surface area contributed by atoms with Gasteiger partial charge in [0.25, 0.3) is 0 Å². The van der Waals surface area contributed by atoms with Crippen molar-refractivity contribution in [2.75, 3.05) is 14.2 Å². The molecule has 0 bridgehead atoms. The molecule has 0 amide bonds. The van der Waals surface area contributed by atoms with Crippen molar-refractivity contribution < 1.29 is 8.85 Å². The van der Waals surface area contributed by atoms with Crippen LogP contribution in [0.4, 0.5) is 0 Å². The number of rotatable bonds is 3. The van der Waals surface area contributed by atoms with Gasteiger partial charge in [0, 0.05) is 20.3 Å². The molecule has 0 saturated carbocycles. The molecule has 0 aromatic rings. The first-order valence-electron chi connectivity index (χ1n) is 2.20. The van der Waals surface area contributed by atoms with Crippen LogP contribution in [0.15, 0.2) is 0 Å². The first-order chi connectivity index (χ1) is 3.35. The zero-order valence-electron chi connectivity index (χ0n) is 4.97. The fourth-order valence-electron chi connectivity index (χ4n) is 0.368. The number of hydrogen-bond acceptors (Lipinski definition) is 2. The second-order valence-electron chi connectivity index (χ2n) is 1.17. The minimum atomic E-state index is -1.30. The van der Waals surface area contributed by atoms with Crippen molar-refractivity contribution in [2.24, 2.45) is 0 Å². The van der Waals surface area contributed by atoms with Gasteiger partial charge in [-0.2, -0.15) is 0 Å². The highest BCUT2D eigenvalue weighted by Crippen LogP contribution is 1.86. The third kappa shape index (κ3) is 2.79. The van der Waals surface area contributed by atoms with Gasteiger partial charge in [-0.05, 0) is 0 Å². The molecule has 0 aliphatic rings. The summed E-state index contributed by atoms with van der Waals surface area (Å²) in [6.07, 6.45) is 0. The highest BCUT2D eigenvalue weighted by molar-refractivity contribution is 6.48. The molecule has 0 aromatic heterocycles. The average Bonchev–Trinajstić information content (AvgIpc) is 1.72. The highest BCUT2D eigenvalue weighted by atomic mass is 28.3. The topological polar surface area (TPSA) is 18.5 Å². The van der Waals surface area contributed by atoms with Crippen LogP contribution in [0.25, 0.3) is 0 Å². The minimum Gasteiger partial charge on any atom is -0.400 e. The maximum atomic E-state index is 4.91. The van der Waals surface area contributed by atoms with Crippen molar-refractivity contribution in [1.29, 1.82) is 0 Å². The van der Waals surface area contributed by atoms with E-state index in [9.17, 15) is 0 Å². The van der Waals surface area contributed by atoms with Gasteiger partial charge < -0.3 is 8.85 Å². The monoisotopic (exact) mass is 119 g/mol. The van der Waals surface area contributed by atoms with E-state index in [1.807, 2.05) is 13.0 Å². The summed E-state index contributed by atoms with van der Waals surface area (Å²) >= 11 is 0. The lowest BCUT2D eigenvalue weighted by Crippen LogP contribution is -2.18. The molecular formula is C4H11O2Si. The van der Waals surface area contributed by atoms with Crippen molar-refractivity contribution in [1.82, 2.24) is 0 Å². The molecule has 43 valence electrons. The van der Waals surface area contributed by atoms with E-state index in [4.69, 9.17) is 8.85 Å². The Labute approximate surface area is 46.3 Å². The standard InChI is InChI=1S/C4H11O2Si/c1-4-7(5-2)6-3/h4,7H,1-3H3. The predicted octanol–water partition coefficient (Wildman–Crippen LogP) is 0.263. The predicted molar refractivity (Wildman–Crippen MR) is 31.1 cm³/mol. The SMILES string of the molecule is C[CH][SiH](OC)OC. The van der Waals surface area contributed by atoms with Crippen molar-refractivity contribution in [3.05, 3.63) is 6.04 Å². The molecule has 0 N–H and O–H groups in total. The largest absolute Gasteiger partial charge is 0.400 e. The lowest BCUT2D eigenvalue weighted by molar-refractivity contribution is 0.286. The summed E-state index contributed by atoms with van der Waals surface area (Å²) in [4.78, 5) is 0. The molecule has 0 aliphatic heterocycles. The van der Waals surface area contributed by atoms with Gasteiger partial charge in [0.05, 0.1) is 0 Å². The Morgan fingerprint density at radius 1 is 1.29 bits per heavy atom. The van der Waals surface area contributed by atoms with Crippen molar-refractivity contribution >= 4 is 9.28 Å². The molecule has 0 atom stereocenters. The second-order valence-corrected chi connectivity index (χ2v) is 3.52. The van der Waals surface area contributed by atoms with Crippen molar-refractivity contribution in [3.63, 3.8) is 0 Å². The van der Waals surface area contributed by atoms with E-state index in [-0.39, 0.29) is 0 Å². The van der Waals surface area contributed by atoms with E-state index in [0.717, 1.165) is 0 Å². The zero-order valence-corrected chi connectivity index (χ0v) is 6.13. The van der Waals surface area contributed by atoms with Crippen LogP contribution < -0.4 is 0 Å². The van der Waals surface area contributed by atoms with E-state index >= 15 is 0 Å². The van der Waals surface area contributed by atoms with Gasteiger partial charge in [-0.15, -0.1) is 0 Å². The van der Waals surface area contributed by atoms with E-state index in [0.29, 0.717) is 0 Å². The Morgan fingerprint density at radius 3 is 1.71 bits per heavy atom. The zero-order chi connectivity index (χ0) is 5.70. The van der Waals surface area contributed by atoms with Gasteiger partial charge in [0.2, 0.25) is 0 Å². The minimum absolute atomic E-state index is 1.30. The molecule has 2 nitrogen and oxygen atoms in total. The fraction of sp³-hybridized carbons (Fsp3) is 0.750. The van der Waals surface area contributed by atoms with Crippen LogP contribution in [-0.4, -0.2) is 23.5 Å². The summed E-state index contributed by atoms with van der Waals surface area (Å²) in [7, 11) is 2.04. The molecule has 0 unspecified atom stereocenters. The van der Waals surface area contributed by atoms with Gasteiger partial charge in [0.15, 0.2) is 0 Å². The Morgan fingerprint density at radius 2 is 1.71 bits per heavy atom. The van der Waals surface area contributed by atoms with Crippen LogP contribution in [0.1, 0.15) is 6.92 Å². The van der Waals surface area contributed by atoms with Gasteiger partial charge in [-0.3, -0.25) is 0 Å². The first-order valence-corrected chi connectivity index (χ1v) is 3.81. The fourth-order valence-corrected chi connectivity index (χ4v) is 1.11. The highest BCUT2D eigenvalue weighted by Gasteiger charge is 2.02. The van der Waals surface area contributed by atoms with Crippen LogP contribution >= 0.6 is 0 Å². The smallest absolute Gasteiger partial charge is 0.323 e. The van der Waals surface area contributed by atoms with E-state index in [1.165, 1.54) is 0 Å². The van der Waals surface area contributed by atoms with E-state index in [1.54, 1.807) is 14.2 Å². The summed E-state index contributed by atoms with van der Waals surface area (Å²) in [5.41, 5.74) is 0. The molecule has 0 aliphatic carbocycles. The molecule has 1 radical (unpaired) electrons. The van der Waals surface area contributed by atoms with Gasteiger partial charge in [-0.25, -0.2) is 0 Å². The average molecular weight is 119 g/mol. The molecule has 0 fully saturated rings. The maximum Gasteiger partial charge on any atom is 0.323 e. The first kappa shape index (κ1) is 7.14. The molecule has 3 heteroatoms. The van der Waals surface area contributed by atoms with E-state index < -0.39 is 9.28 Å². The quantitative estimate of drug-likeness (QED) is 0.496. The molecule has 0 aromatic carbocycles. The van der Waals surface area contributed by atoms with E-state index in [2.05, 4.69) is 0 Å². The Kier molecular flexibility index (Phi) is 4.38. The summed E-state index contributed by atoms with van der Waals surface area (Å²) in [5.74, 6) is 0. The second kappa shape index (κ2) is 4.30. The summed E-state index contributed by atoms with van der Waals surface area (Å²) < 4.78 is 9.82. The lowest BCUT2D eigenvalue weighted by atomic mass is 11.0. The summed E-state index contributed by atoms with van der Waals surface area (Å²) in [5, 5.41) is 0. The van der Waals surface area contributed by atoms with Gasteiger partial charge in [0.1, 0.15) is 0 Å². The molecule has 0 heterocycles. The molecule has 0 rings (SSSR count). The molecular weight excluding hydrogens is 108 g/mol. The van der Waals surface area contributed by atoms with Crippen LogP contribution in [0.3, 0.4) is 0 Å². The lowest BCUT2D eigenvalue weighted by Gasteiger charge is -2.04. The normalized spacial score (nSPS) is 10.3. The van der Waals surface area contributed by atoms with Crippen LogP contribution in [0.2, 0.25) is 0 Å². The third-order valence-corrected chi connectivity index (χ3v) is 2.21. The van der Waals surface area contributed by atoms with Gasteiger partial charge >= 0.3 is 9.28 Å². The molecule has 0 spiro atoms. The van der Waals surface area contributed by atoms with Crippen LogP contribution in [-0.2, 0) is 8.85 Å². The third-order valence-electron chi connectivity index (χ3n) is 0.737. The molecule has 7 heavy (non-hydrogen) atoms. The maximum absolute atomic E-state index is 4.91. The summed E-state index contributed by atoms with van der Waals surface area (Å²) in [6.45, 7) is 1.95. The molecule has 0 saturated heterocycles. The number of hydrogen-bond donors (Lipinski definition) is 0. The van der Waals surface area contributed by atoms with Crippen LogP contribution in [0.5, 0.6) is 0 Å². The van der Waals surface area contributed by atoms with Crippen molar-refractivity contribution in [3.8, 4) is 0 Å². The Bertz CT molecular complexity index is 31.2. The summed E-state index contributed by atoms with van der Waals surface area (Å²) in [6, 6.07) is 1.97.